The number of pyridine rings is 1. The molecular weight excluding hydrogens is 424 g/mol. The fourth-order valence-corrected chi connectivity index (χ4v) is 4.26. The first-order chi connectivity index (χ1) is 15.6. The summed E-state index contributed by atoms with van der Waals surface area (Å²) in [6.07, 6.45) is 4.93. The number of benzene rings is 1. The Kier molecular flexibility index (Phi) is 7.34. The van der Waals surface area contributed by atoms with Gasteiger partial charge in [-0.25, -0.2) is 4.79 Å². The highest BCUT2D eigenvalue weighted by Gasteiger charge is 2.45. The highest BCUT2D eigenvalue weighted by Crippen LogP contribution is 2.40. The Bertz CT molecular complexity index is 1080. The molecule has 33 heavy (non-hydrogen) atoms. The second-order valence-corrected chi connectivity index (χ2v) is 9.63. The average molecular weight is 459 g/mol. The third-order valence-electron chi connectivity index (χ3n) is 6.61. The van der Waals surface area contributed by atoms with E-state index >= 15 is 0 Å². The van der Waals surface area contributed by atoms with E-state index in [1.807, 2.05) is 0 Å². The van der Waals surface area contributed by atoms with Crippen molar-refractivity contribution in [3.63, 3.8) is 0 Å². The predicted octanol–water partition coefficient (Wildman–Crippen LogP) is 4.26. The number of carboxylic acids is 1. The van der Waals surface area contributed by atoms with Gasteiger partial charge in [-0.1, -0.05) is 33.6 Å². The zero-order chi connectivity index (χ0) is 24.2. The number of aliphatic carboxylic acids is 1. The van der Waals surface area contributed by atoms with E-state index in [2.05, 4.69) is 31.1 Å². The lowest BCUT2D eigenvalue weighted by Crippen LogP contribution is -2.57. The maximum Gasteiger partial charge on any atom is 0.329 e. The highest BCUT2D eigenvalue weighted by molar-refractivity contribution is 6.01. The van der Waals surface area contributed by atoms with E-state index in [9.17, 15) is 19.5 Å². The molecule has 3 N–H and O–H groups in total. The first kappa shape index (κ1) is 24.6. The van der Waals surface area contributed by atoms with E-state index in [1.54, 1.807) is 12.1 Å². The molecule has 8 nitrogen and oxygen atoms in total. The number of amides is 1. The van der Waals surface area contributed by atoms with E-state index in [0.717, 1.165) is 19.3 Å². The molecule has 0 bridgehead atoms. The highest BCUT2D eigenvalue weighted by atomic mass is 16.5. The van der Waals surface area contributed by atoms with Crippen molar-refractivity contribution in [3.8, 4) is 11.5 Å². The van der Waals surface area contributed by atoms with Gasteiger partial charge in [-0.2, -0.15) is 0 Å². The van der Waals surface area contributed by atoms with Crippen LogP contribution in [0.5, 0.6) is 11.5 Å². The quantitative estimate of drug-likeness (QED) is 0.483. The molecule has 2 aromatic rings. The number of fused-ring (bicyclic) bond motifs is 1. The summed E-state index contributed by atoms with van der Waals surface area (Å²) in [6.45, 7) is 6.76. The predicted molar refractivity (Wildman–Crippen MR) is 126 cm³/mol. The van der Waals surface area contributed by atoms with E-state index in [1.165, 1.54) is 13.2 Å². The molecule has 1 aliphatic carbocycles. The summed E-state index contributed by atoms with van der Waals surface area (Å²) in [5, 5.41) is 13.1. The van der Waals surface area contributed by atoms with Crippen LogP contribution in [0.3, 0.4) is 0 Å². The van der Waals surface area contributed by atoms with Gasteiger partial charge in [-0.3, -0.25) is 9.59 Å². The molecule has 1 aromatic heterocycles. The maximum absolute atomic E-state index is 13.1. The smallest absolute Gasteiger partial charge is 0.329 e. The van der Waals surface area contributed by atoms with E-state index < -0.39 is 23.0 Å². The first-order valence-electron chi connectivity index (χ1n) is 11.6. The lowest BCUT2D eigenvalue weighted by Gasteiger charge is -2.41. The summed E-state index contributed by atoms with van der Waals surface area (Å²) in [5.74, 6) is -0.856. The van der Waals surface area contributed by atoms with E-state index in [0.29, 0.717) is 54.7 Å². The molecule has 1 aliphatic rings. The Hall–Kier alpha value is -3.03. The van der Waals surface area contributed by atoms with Crippen LogP contribution in [0.1, 0.15) is 76.1 Å². The van der Waals surface area contributed by atoms with Crippen LogP contribution in [0.15, 0.2) is 23.0 Å². The van der Waals surface area contributed by atoms with Gasteiger partial charge in [-0.05, 0) is 55.7 Å². The second kappa shape index (κ2) is 9.85. The Balaban J connectivity index is 1.92. The molecule has 1 amide bonds. The van der Waals surface area contributed by atoms with E-state index in [4.69, 9.17) is 9.47 Å². The molecule has 1 saturated carbocycles. The molecule has 0 aliphatic heterocycles. The van der Waals surface area contributed by atoms with Crippen LogP contribution in [0.2, 0.25) is 0 Å². The van der Waals surface area contributed by atoms with Gasteiger partial charge in [0.2, 0.25) is 0 Å². The number of hydrogen-bond donors (Lipinski definition) is 3. The molecule has 0 unspecified atom stereocenters. The normalized spacial score (nSPS) is 16.8. The Labute approximate surface area is 193 Å². The summed E-state index contributed by atoms with van der Waals surface area (Å²) in [7, 11) is 1.52. The van der Waals surface area contributed by atoms with Crippen molar-refractivity contribution in [2.24, 2.45) is 5.41 Å². The lowest BCUT2D eigenvalue weighted by atomic mass is 9.69. The molecule has 8 heteroatoms. The number of methoxy groups -OCH3 is 1. The number of H-pyrrole nitrogens is 1. The number of carbonyl (C=O) groups is 2. The summed E-state index contributed by atoms with van der Waals surface area (Å²) >= 11 is 0. The number of ether oxygens (including phenoxy) is 2. The van der Waals surface area contributed by atoms with Gasteiger partial charge in [0.15, 0.2) is 11.5 Å². The van der Waals surface area contributed by atoms with Crippen LogP contribution in [0.4, 0.5) is 0 Å². The van der Waals surface area contributed by atoms with Crippen LogP contribution in [-0.4, -0.2) is 41.2 Å². The van der Waals surface area contributed by atoms with Crippen LogP contribution >= 0.6 is 0 Å². The van der Waals surface area contributed by atoms with Crippen molar-refractivity contribution in [1.29, 1.82) is 0 Å². The number of carboxylic acid groups (broad SMARTS) is 1. The minimum atomic E-state index is -1.37. The monoisotopic (exact) mass is 458 g/mol. The molecule has 1 fully saturated rings. The summed E-state index contributed by atoms with van der Waals surface area (Å²) in [6, 6.07) is 4.93. The Morgan fingerprint density at radius 3 is 2.45 bits per heavy atom. The molecule has 0 radical (unpaired) electrons. The van der Waals surface area contributed by atoms with E-state index in [-0.39, 0.29) is 11.0 Å². The molecule has 0 saturated heterocycles. The molecule has 0 spiro atoms. The van der Waals surface area contributed by atoms with Gasteiger partial charge in [0.25, 0.3) is 11.5 Å². The van der Waals surface area contributed by atoms with Crippen molar-refractivity contribution < 1.29 is 24.2 Å². The van der Waals surface area contributed by atoms with Gasteiger partial charge in [0.05, 0.1) is 19.2 Å². The van der Waals surface area contributed by atoms with Crippen LogP contribution in [0.25, 0.3) is 10.9 Å². The number of aromatic amines is 1. The number of aromatic nitrogens is 1. The molecule has 3 rings (SSSR count). The topological polar surface area (TPSA) is 118 Å². The van der Waals surface area contributed by atoms with Crippen molar-refractivity contribution in [2.45, 2.75) is 71.3 Å². The van der Waals surface area contributed by atoms with Crippen molar-refractivity contribution in [3.05, 3.63) is 34.1 Å². The minimum absolute atomic E-state index is 0.0245. The van der Waals surface area contributed by atoms with Gasteiger partial charge in [0.1, 0.15) is 11.1 Å². The Morgan fingerprint density at radius 2 is 1.85 bits per heavy atom. The number of unbranched alkanes of at least 4 members (excludes halogenated alkanes) is 2. The summed E-state index contributed by atoms with van der Waals surface area (Å²) in [4.78, 5) is 40.7. The first-order valence-corrected chi connectivity index (χ1v) is 11.6. The molecular formula is C25H34N2O6. The zero-order valence-electron chi connectivity index (χ0n) is 19.9. The molecule has 180 valence electrons. The van der Waals surface area contributed by atoms with Crippen molar-refractivity contribution in [1.82, 2.24) is 10.3 Å². The largest absolute Gasteiger partial charge is 0.493 e. The van der Waals surface area contributed by atoms with Crippen molar-refractivity contribution in [2.75, 3.05) is 13.7 Å². The maximum atomic E-state index is 13.1. The van der Waals surface area contributed by atoms with Crippen LogP contribution in [0, 0.1) is 5.41 Å². The van der Waals surface area contributed by atoms with Gasteiger partial charge in [0, 0.05) is 5.39 Å². The van der Waals surface area contributed by atoms with Gasteiger partial charge < -0.3 is 24.9 Å². The lowest BCUT2D eigenvalue weighted by molar-refractivity contribution is -0.146. The summed E-state index contributed by atoms with van der Waals surface area (Å²) < 4.78 is 11.3. The van der Waals surface area contributed by atoms with Crippen LogP contribution < -0.4 is 20.3 Å². The average Bonchev–Trinajstić information content (AvgIpc) is 2.77. The third-order valence-corrected chi connectivity index (χ3v) is 6.61. The molecule has 0 atom stereocenters. The minimum Gasteiger partial charge on any atom is -0.493 e. The zero-order valence-corrected chi connectivity index (χ0v) is 19.9. The third kappa shape index (κ3) is 5.31. The summed E-state index contributed by atoms with van der Waals surface area (Å²) in [5.41, 5.74) is -1.64. The van der Waals surface area contributed by atoms with Gasteiger partial charge in [-0.15, -0.1) is 0 Å². The Morgan fingerprint density at radius 1 is 1.15 bits per heavy atom. The second-order valence-electron chi connectivity index (χ2n) is 9.63. The number of nitrogens with one attached hydrogen (secondary N) is 2. The number of hydrogen-bond acceptors (Lipinski definition) is 5. The fourth-order valence-electron chi connectivity index (χ4n) is 4.26. The standard InChI is InChI=1S/C25H34N2O6/c1-5-6-7-14-33-20-18(32-4)9-8-16-15-17(21(28)26-19(16)20)22(29)27-25(23(30)31)12-10-24(2,3)11-13-25/h8-9,15H,5-7,10-14H2,1-4H3,(H,26,28)(H,27,29)(H,30,31). The number of carbonyl (C=O) groups excluding carboxylic acids is 1. The molecule has 1 heterocycles. The SMILES string of the molecule is CCCCCOc1c(OC)ccc2cc(C(=O)NC3(C(=O)O)CCC(C)(C)CC3)c(=O)[nH]c12. The fraction of sp³-hybridized carbons (Fsp3) is 0.560. The molecule has 1 aromatic carbocycles. The number of rotatable bonds is 9. The van der Waals surface area contributed by atoms with Crippen molar-refractivity contribution >= 4 is 22.8 Å². The van der Waals surface area contributed by atoms with Crippen LogP contribution in [-0.2, 0) is 4.79 Å². The van der Waals surface area contributed by atoms with Gasteiger partial charge >= 0.3 is 5.97 Å².